The van der Waals surface area contributed by atoms with Crippen molar-refractivity contribution in [2.75, 3.05) is 7.11 Å². The topological polar surface area (TPSA) is 55.4 Å². The van der Waals surface area contributed by atoms with E-state index in [9.17, 15) is 9.59 Å². The van der Waals surface area contributed by atoms with Crippen molar-refractivity contribution in [2.45, 2.75) is 38.6 Å². The Morgan fingerprint density at radius 1 is 1.40 bits per heavy atom. The van der Waals surface area contributed by atoms with E-state index < -0.39 is 11.5 Å². The molecule has 0 aliphatic carbocycles. The molecule has 0 aromatic heterocycles. The first kappa shape index (κ1) is 16.5. The third kappa shape index (κ3) is 4.53. The predicted octanol–water partition coefficient (Wildman–Crippen LogP) is 2.73. The number of ether oxygens (including phenoxy) is 1. The number of halogens is 1. The molecule has 1 N–H and O–H groups in total. The molecule has 4 nitrogen and oxygen atoms in total. The van der Waals surface area contributed by atoms with E-state index in [0.717, 1.165) is 12.0 Å². The number of nitrogens with one attached hydrogen (secondary N) is 1. The van der Waals surface area contributed by atoms with Crippen LogP contribution in [-0.2, 0) is 20.7 Å². The molecule has 20 heavy (non-hydrogen) atoms. The van der Waals surface area contributed by atoms with Gasteiger partial charge in [0.25, 0.3) is 0 Å². The number of hydrogen-bond acceptors (Lipinski definition) is 3. The summed E-state index contributed by atoms with van der Waals surface area (Å²) in [7, 11) is 1.32. The fraction of sp³-hybridized carbons (Fsp3) is 0.467. The van der Waals surface area contributed by atoms with Crippen LogP contribution in [0.5, 0.6) is 0 Å². The standard InChI is InChI=1S/C15H20ClNO3/c1-4-8-15(2,14(19)20-3)17-13(18)10-11-6-5-7-12(16)9-11/h5-7,9H,4,8,10H2,1-3H3,(H,17,18). The minimum Gasteiger partial charge on any atom is -0.467 e. The van der Waals surface area contributed by atoms with Crippen molar-refractivity contribution in [3.05, 3.63) is 34.9 Å². The highest BCUT2D eigenvalue weighted by atomic mass is 35.5. The van der Waals surface area contributed by atoms with Crippen LogP contribution in [0.1, 0.15) is 32.3 Å². The van der Waals surface area contributed by atoms with E-state index in [4.69, 9.17) is 16.3 Å². The van der Waals surface area contributed by atoms with Crippen molar-refractivity contribution in [1.82, 2.24) is 5.32 Å². The Morgan fingerprint density at radius 3 is 2.65 bits per heavy atom. The minimum atomic E-state index is -0.987. The van der Waals surface area contributed by atoms with Crippen molar-refractivity contribution in [3.8, 4) is 0 Å². The van der Waals surface area contributed by atoms with E-state index in [1.165, 1.54) is 7.11 Å². The summed E-state index contributed by atoms with van der Waals surface area (Å²) < 4.78 is 4.76. The first-order valence-electron chi connectivity index (χ1n) is 6.55. The molecule has 110 valence electrons. The summed E-state index contributed by atoms with van der Waals surface area (Å²) in [6.07, 6.45) is 1.47. The summed E-state index contributed by atoms with van der Waals surface area (Å²) in [5.74, 6) is -0.660. The lowest BCUT2D eigenvalue weighted by Crippen LogP contribution is -2.53. The second-order valence-electron chi connectivity index (χ2n) is 4.93. The molecular formula is C15H20ClNO3. The van der Waals surface area contributed by atoms with Gasteiger partial charge < -0.3 is 10.1 Å². The van der Waals surface area contributed by atoms with Crippen LogP contribution in [0.3, 0.4) is 0 Å². The highest BCUT2D eigenvalue weighted by Gasteiger charge is 2.34. The van der Waals surface area contributed by atoms with Crippen LogP contribution in [-0.4, -0.2) is 24.5 Å². The van der Waals surface area contributed by atoms with E-state index in [1.54, 1.807) is 25.1 Å². The van der Waals surface area contributed by atoms with Crippen LogP contribution in [0.2, 0.25) is 5.02 Å². The summed E-state index contributed by atoms with van der Waals surface area (Å²) in [4.78, 5) is 23.9. The third-order valence-electron chi connectivity index (χ3n) is 3.05. The van der Waals surface area contributed by atoms with Gasteiger partial charge in [0.05, 0.1) is 13.5 Å². The Bertz CT molecular complexity index is 490. The fourth-order valence-electron chi connectivity index (χ4n) is 2.13. The van der Waals surface area contributed by atoms with Crippen LogP contribution in [0.4, 0.5) is 0 Å². The van der Waals surface area contributed by atoms with Crippen molar-refractivity contribution >= 4 is 23.5 Å². The molecule has 0 saturated heterocycles. The van der Waals surface area contributed by atoms with Crippen molar-refractivity contribution in [1.29, 1.82) is 0 Å². The summed E-state index contributed by atoms with van der Waals surface area (Å²) in [5.41, 5.74) is -0.183. The van der Waals surface area contributed by atoms with Gasteiger partial charge in [-0.25, -0.2) is 4.79 Å². The van der Waals surface area contributed by atoms with Crippen molar-refractivity contribution in [2.24, 2.45) is 0 Å². The zero-order valence-corrected chi connectivity index (χ0v) is 12.8. The highest BCUT2D eigenvalue weighted by Crippen LogP contribution is 2.16. The smallest absolute Gasteiger partial charge is 0.331 e. The van der Waals surface area contributed by atoms with Gasteiger partial charge in [0, 0.05) is 5.02 Å². The lowest BCUT2D eigenvalue weighted by Gasteiger charge is -2.27. The van der Waals surface area contributed by atoms with Crippen LogP contribution in [0.25, 0.3) is 0 Å². The summed E-state index contributed by atoms with van der Waals surface area (Å²) in [6, 6.07) is 7.09. The maximum atomic E-state index is 12.1. The van der Waals surface area contributed by atoms with Crippen LogP contribution in [0.15, 0.2) is 24.3 Å². The van der Waals surface area contributed by atoms with Crippen LogP contribution >= 0.6 is 11.6 Å². The van der Waals surface area contributed by atoms with E-state index in [1.807, 2.05) is 13.0 Å². The average Bonchev–Trinajstić information content (AvgIpc) is 2.37. The van der Waals surface area contributed by atoms with E-state index in [-0.39, 0.29) is 12.3 Å². The molecule has 5 heteroatoms. The normalized spacial score (nSPS) is 13.4. The van der Waals surface area contributed by atoms with Gasteiger partial charge in [-0.2, -0.15) is 0 Å². The molecule has 0 bridgehead atoms. The molecule has 0 radical (unpaired) electrons. The molecule has 0 spiro atoms. The minimum absolute atomic E-state index is 0.177. The Balaban J connectivity index is 2.74. The Hall–Kier alpha value is -1.55. The predicted molar refractivity (Wildman–Crippen MR) is 78.6 cm³/mol. The largest absolute Gasteiger partial charge is 0.467 e. The molecule has 0 aliphatic rings. The molecule has 0 heterocycles. The van der Waals surface area contributed by atoms with Crippen molar-refractivity contribution in [3.63, 3.8) is 0 Å². The number of methoxy groups -OCH3 is 1. The highest BCUT2D eigenvalue weighted by molar-refractivity contribution is 6.30. The lowest BCUT2D eigenvalue weighted by atomic mass is 9.95. The maximum absolute atomic E-state index is 12.1. The average molecular weight is 298 g/mol. The molecule has 1 atom stereocenters. The van der Waals surface area contributed by atoms with Gasteiger partial charge in [-0.05, 0) is 31.0 Å². The number of esters is 1. The molecule has 1 amide bonds. The third-order valence-corrected chi connectivity index (χ3v) is 3.29. The first-order valence-corrected chi connectivity index (χ1v) is 6.93. The number of carbonyl (C=O) groups excluding carboxylic acids is 2. The Labute approximate surface area is 124 Å². The molecule has 1 unspecified atom stereocenters. The molecule has 0 saturated carbocycles. The molecule has 0 aliphatic heterocycles. The van der Waals surface area contributed by atoms with Gasteiger partial charge >= 0.3 is 5.97 Å². The van der Waals surface area contributed by atoms with E-state index in [0.29, 0.717) is 11.4 Å². The molecule has 1 aromatic carbocycles. The number of hydrogen-bond donors (Lipinski definition) is 1. The second kappa shape index (κ2) is 7.29. The molecule has 1 rings (SSSR count). The summed E-state index contributed by atoms with van der Waals surface area (Å²) >= 11 is 5.88. The SMILES string of the molecule is CCCC(C)(NC(=O)Cc1cccc(Cl)c1)C(=O)OC. The van der Waals surface area contributed by atoms with Crippen molar-refractivity contribution < 1.29 is 14.3 Å². The van der Waals surface area contributed by atoms with E-state index in [2.05, 4.69) is 5.32 Å². The maximum Gasteiger partial charge on any atom is 0.331 e. The number of amides is 1. The van der Waals surface area contributed by atoms with Crippen LogP contribution < -0.4 is 5.32 Å². The zero-order chi connectivity index (χ0) is 15.2. The quantitative estimate of drug-likeness (QED) is 0.822. The number of rotatable bonds is 6. The van der Waals surface area contributed by atoms with Gasteiger partial charge in [-0.15, -0.1) is 0 Å². The summed E-state index contributed by atoms with van der Waals surface area (Å²) in [5, 5.41) is 3.34. The van der Waals surface area contributed by atoms with Gasteiger partial charge in [0.15, 0.2) is 0 Å². The monoisotopic (exact) mass is 297 g/mol. The fourth-order valence-corrected chi connectivity index (χ4v) is 2.34. The number of benzene rings is 1. The Kier molecular flexibility index (Phi) is 6.02. The van der Waals surface area contributed by atoms with E-state index >= 15 is 0 Å². The molecule has 1 aromatic rings. The van der Waals surface area contributed by atoms with Crippen LogP contribution in [0, 0.1) is 0 Å². The van der Waals surface area contributed by atoms with Gasteiger partial charge in [-0.3, -0.25) is 4.79 Å². The first-order chi connectivity index (χ1) is 9.41. The summed E-state index contributed by atoms with van der Waals surface area (Å²) in [6.45, 7) is 3.63. The molecule has 0 fully saturated rings. The van der Waals surface area contributed by atoms with Gasteiger partial charge in [-0.1, -0.05) is 37.1 Å². The number of carbonyl (C=O) groups is 2. The van der Waals surface area contributed by atoms with Gasteiger partial charge in [0.2, 0.25) is 5.91 Å². The molecular weight excluding hydrogens is 278 g/mol. The Morgan fingerprint density at radius 2 is 2.10 bits per heavy atom. The zero-order valence-electron chi connectivity index (χ0n) is 12.0. The lowest BCUT2D eigenvalue weighted by molar-refractivity contribution is -0.150. The van der Waals surface area contributed by atoms with Gasteiger partial charge in [0.1, 0.15) is 5.54 Å². The second-order valence-corrected chi connectivity index (χ2v) is 5.36.